The molecule has 0 aromatic heterocycles. The van der Waals surface area contributed by atoms with Crippen LogP contribution < -0.4 is 0 Å². The quantitative estimate of drug-likeness (QED) is 0.826. The summed E-state index contributed by atoms with van der Waals surface area (Å²) in [5, 5.41) is 8.64. The van der Waals surface area contributed by atoms with Gasteiger partial charge < -0.3 is 5.11 Å². The Bertz CT molecular complexity index is 295. The highest BCUT2D eigenvalue weighted by molar-refractivity contribution is 5.14. The lowest BCUT2D eigenvalue weighted by atomic mass is 10.00. The molecule has 16 heavy (non-hydrogen) atoms. The molecule has 0 amide bonds. The Morgan fingerprint density at radius 1 is 1.12 bits per heavy atom. The second-order valence-electron chi connectivity index (χ2n) is 3.80. The van der Waals surface area contributed by atoms with Crippen LogP contribution in [0.3, 0.4) is 0 Å². The van der Waals surface area contributed by atoms with Gasteiger partial charge in [-0.3, -0.25) is 0 Å². The van der Waals surface area contributed by atoms with Crippen molar-refractivity contribution in [2.24, 2.45) is 5.92 Å². The molecule has 0 saturated heterocycles. The number of hydrogen-bond donors (Lipinski definition) is 1. The van der Waals surface area contributed by atoms with E-state index in [0.29, 0.717) is 12.8 Å². The van der Waals surface area contributed by atoms with Crippen LogP contribution in [0, 0.1) is 5.92 Å². The maximum Gasteiger partial charge on any atom is 0.394 e. The number of hydrogen-bond acceptors (Lipinski definition) is 1. The van der Waals surface area contributed by atoms with Gasteiger partial charge in [0, 0.05) is 0 Å². The summed E-state index contributed by atoms with van der Waals surface area (Å²) in [6.07, 6.45) is -3.25. The van der Waals surface area contributed by atoms with E-state index in [0.717, 1.165) is 5.56 Å². The maximum atomic E-state index is 12.3. The van der Waals surface area contributed by atoms with Gasteiger partial charge in [0.1, 0.15) is 0 Å². The number of aliphatic hydroxyl groups excluding tert-OH is 1. The average molecular weight is 232 g/mol. The molecule has 1 aromatic carbocycles. The largest absolute Gasteiger partial charge is 0.396 e. The van der Waals surface area contributed by atoms with Crippen molar-refractivity contribution >= 4 is 0 Å². The van der Waals surface area contributed by atoms with Crippen LogP contribution in [0.25, 0.3) is 0 Å². The summed E-state index contributed by atoms with van der Waals surface area (Å²) in [5.74, 6) is -1.59. The van der Waals surface area contributed by atoms with Crippen LogP contribution in [-0.4, -0.2) is 17.9 Å². The molecule has 1 N–H and O–H groups in total. The van der Waals surface area contributed by atoms with Crippen molar-refractivity contribution in [2.45, 2.75) is 25.4 Å². The number of benzene rings is 1. The molecule has 90 valence electrons. The smallest absolute Gasteiger partial charge is 0.394 e. The fraction of sp³-hybridized carbons (Fsp3) is 0.500. The first-order chi connectivity index (χ1) is 7.54. The average Bonchev–Trinajstić information content (AvgIpc) is 2.24. The van der Waals surface area contributed by atoms with Crippen molar-refractivity contribution < 1.29 is 18.3 Å². The molecule has 0 heterocycles. The summed E-state index contributed by atoms with van der Waals surface area (Å²) in [4.78, 5) is 0. The standard InChI is InChI=1S/C12H15F3O/c13-12(14,15)11(9-16)8-4-7-10-5-2-1-3-6-10/h1-3,5-6,11,16H,4,7-9H2. The Hall–Kier alpha value is -1.03. The fourth-order valence-electron chi connectivity index (χ4n) is 1.56. The predicted octanol–water partition coefficient (Wildman–Crippen LogP) is 3.18. The minimum absolute atomic E-state index is 0.0190. The lowest BCUT2D eigenvalue weighted by Crippen LogP contribution is -2.26. The topological polar surface area (TPSA) is 20.2 Å². The summed E-state index contributed by atoms with van der Waals surface area (Å²) in [7, 11) is 0. The fourth-order valence-corrected chi connectivity index (χ4v) is 1.56. The molecule has 0 aliphatic rings. The van der Waals surface area contributed by atoms with Gasteiger partial charge in [0.25, 0.3) is 0 Å². The summed E-state index contributed by atoms with van der Waals surface area (Å²) in [5.41, 5.74) is 1.03. The second kappa shape index (κ2) is 5.89. The number of rotatable bonds is 5. The van der Waals surface area contributed by atoms with E-state index >= 15 is 0 Å². The minimum Gasteiger partial charge on any atom is -0.396 e. The monoisotopic (exact) mass is 232 g/mol. The molecule has 1 nitrogen and oxygen atoms in total. The zero-order valence-electron chi connectivity index (χ0n) is 8.87. The van der Waals surface area contributed by atoms with E-state index in [2.05, 4.69) is 0 Å². The lowest BCUT2D eigenvalue weighted by molar-refractivity contribution is -0.185. The van der Waals surface area contributed by atoms with Crippen LogP contribution >= 0.6 is 0 Å². The second-order valence-corrected chi connectivity index (χ2v) is 3.80. The van der Waals surface area contributed by atoms with Gasteiger partial charge in [0.05, 0.1) is 12.5 Å². The molecule has 0 bridgehead atoms. The number of aryl methyl sites for hydroxylation is 1. The Morgan fingerprint density at radius 2 is 1.75 bits per heavy atom. The van der Waals surface area contributed by atoms with E-state index in [1.54, 1.807) is 0 Å². The van der Waals surface area contributed by atoms with Crippen molar-refractivity contribution in [1.82, 2.24) is 0 Å². The van der Waals surface area contributed by atoms with E-state index in [-0.39, 0.29) is 6.42 Å². The van der Waals surface area contributed by atoms with Crippen molar-refractivity contribution in [3.05, 3.63) is 35.9 Å². The number of aliphatic hydroxyl groups is 1. The van der Waals surface area contributed by atoms with E-state index in [1.807, 2.05) is 30.3 Å². The third kappa shape index (κ3) is 4.23. The lowest BCUT2D eigenvalue weighted by Gasteiger charge is -2.17. The Morgan fingerprint density at radius 3 is 2.25 bits per heavy atom. The molecule has 1 unspecified atom stereocenters. The van der Waals surface area contributed by atoms with E-state index < -0.39 is 18.7 Å². The predicted molar refractivity (Wildman–Crippen MR) is 56.0 cm³/mol. The summed E-state index contributed by atoms with van der Waals surface area (Å²) >= 11 is 0. The maximum absolute atomic E-state index is 12.3. The van der Waals surface area contributed by atoms with Crippen LogP contribution in [0.1, 0.15) is 18.4 Å². The van der Waals surface area contributed by atoms with Crippen LogP contribution in [0.2, 0.25) is 0 Å². The first-order valence-corrected chi connectivity index (χ1v) is 5.25. The molecule has 1 atom stereocenters. The Balaban J connectivity index is 2.35. The molecule has 0 radical (unpaired) electrons. The Kier molecular flexibility index (Phi) is 4.80. The zero-order valence-corrected chi connectivity index (χ0v) is 8.87. The molecule has 0 fully saturated rings. The van der Waals surface area contributed by atoms with Crippen molar-refractivity contribution in [2.75, 3.05) is 6.61 Å². The minimum atomic E-state index is -4.29. The normalized spacial score (nSPS) is 13.8. The summed E-state index contributed by atoms with van der Waals surface area (Å²) in [6, 6.07) is 9.38. The highest BCUT2D eigenvalue weighted by Crippen LogP contribution is 2.29. The van der Waals surface area contributed by atoms with E-state index in [1.165, 1.54) is 0 Å². The third-order valence-electron chi connectivity index (χ3n) is 2.54. The van der Waals surface area contributed by atoms with Gasteiger partial charge in [0.15, 0.2) is 0 Å². The van der Waals surface area contributed by atoms with Crippen LogP contribution in [0.5, 0.6) is 0 Å². The molecule has 1 aromatic rings. The first kappa shape index (κ1) is 13.0. The van der Waals surface area contributed by atoms with Gasteiger partial charge in [-0.1, -0.05) is 30.3 Å². The van der Waals surface area contributed by atoms with E-state index in [9.17, 15) is 13.2 Å². The molecule has 0 aliphatic carbocycles. The molecule has 0 saturated carbocycles. The summed E-state index contributed by atoms with van der Waals surface area (Å²) < 4.78 is 36.9. The van der Waals surface area contributed by atoms with Gasteiger partial charge in [0.2, 0.25) is 0 Å². The third-order valence-corrected chi connectivity index (χ3v) is 2.54. The van der Waals surface area contributed by atoms with Crippen molar-refractivity contribution in [1.29, 1.82) is 0 Å². The van der Waals surface area contributed by atoms with Gasteiger partial charge in [-0.05, 0) is 24.8 Å². The number of halogens is 3. The van der Waals surface area contributed by atoms with Crippen LogP contribution in [0.4, 0.5) is 13.2 Å². The van der Waals surface area contributed by atoms with Gasteiger partial charge >= 0.3 is 6.18 Å². The summed E-state index contributed by atoms with van der Waals surface area (Å²) in [6.45, 7) is -0.821. The van der Waals surface area contributed by atoms with Gasteiger partial charge in [-0.15, -0.1) is 0 Å². The molecule has 0 aliphatic heterocycles. The SMILES string of the molecule is OCC(CCCc1ccccc1)C(F)(F)F. The molecule has 4 heteroatoms. The van der Waals surface area contributed by atoms with E-state index in [4.69, 9.17) is 5.11 Å². The van der Waals surface area contributed by atoms with Gasteiger partial charge in [-0.2, -0.15) is 13.2 Å². The molecule has 0 spiro atoms. The zero-order chi connectivity index (χ0) is 12.0. The molecule has 1 rings (SSSR count). The van der Waals surface area contributed by atoms with Crippen molar-refractivity contribution in [3.8, 4) is 0 Å². The van der Waals surface area contributed by atoms with Crippen LogP contribution in [0.15, 0.2) is 30.3 Å². The van der Waals surface area contributed by atoms with Crippen molar-refractivity contribution in [3.63, 3.8) is 0 Å². The van der Waals surface area contributed by atoms with Gasteiger partial charge in [-0.25, -0.2) is 0 Å². The van der Waals surface area contributed by atoms with Crippen LogP contribution in [-0.2, 0) is 6.42 Å². The molecular formula is C12H15F3O. The Labute approximate surface area is 92.9 Å². The highest BCUT2D eigenvalue weighted by Gasteiger charge is 2.38. The highest BCUT2D eigenvalue weighted by atomic mass is 19.4. The first-order valence-electron chi connectivity index (χ1n) is 5.25. The molecular weight excluding hydrogens is 217 g/mol. The number of alkyl halides is 3.